The molecule has 0 saturated carbocycles. The Kier molecular flexibility index (Phi) is 6.32. The van der Waals surface area contributed by atoms with E-state index in [0.717, 1.165) is 0 Å². The van der Waals surface area contributed by atoms with E-state index >= 15 is 0 Å². The third kappa shape index (κ3) is 5.73. The van der Waals surface area contributed by atoms with Crippen molar-refractivity contribution in [2.75, 3.05) is 11.9 Å². The molecule has 0 aliphatic carbocycles. The van der Waals surface area contributed by atoms with E-state index in [0.29, 0.717) is 20.8 Å². The normalized spacial score (nSPS) is 11.1. The summed E-state index contributed by atoms with van der Waals surface area (Å²) < 4.78 is 0. The summed E-state index contributed by atoms with van der Waals surface area (Å²) in [6, 6.07) is 2.94. The Morgan fingerprint density at radius 3 is 2.19 bits per heavy atom. The number of halogens is 3. The van der Waals surface area contributed by atoms with Crippen LogP contribution in [0.4, 0.5) is 5.69 Å². The first kappa shape index (κ1) is 18.1. The molecule has 4 nitrogen and oxygen atoms in total. The lowest BCUT2D eigenvalue weighted by atomic mass is 9.96. The van der Waals surface area contributed by atoms with Gasteiger partial charge in [-0.15, -0.1) is 0 Å². The zero-order chi connectivity index (χ0) is 16.2. The summed E-state index contributed by atoms with van der Waals surface area (Å²) in [5.74, 6) is -0.382. The van der Waals surface area contributed by atoms with Crippen molar-refractivity contribution in [3.05, 3.63) is 27.2 Å². The second-order valence-corrected chi connectivity index (χ2v) is 6.77. The Bertz CT molecular complexity index is 554. The van der Waals surface area contributed by atoms with Gasteiger partial charge in [0.25, 0.3) is 0 Å². The first-order valence-electron chi connectivity index (χ1n) is 6.34. The fourth-order valence-corrected chi connectivity index (χ4v) is 1.98. The van der Waals surface area contributed by atoms with Crippen molar-refractivity contribution in [3.63, 3.8) is 0 Å². The number of rotatable bonds is 4. The van der Waals surface area contributed by atoms with E-state index in [1.165, 1.54) is 12.1 Å². The Morgan fingerprint density at radius 2 is 1.62 bits per heavy atom. The molecule has 0 aromatic heterocycles. The topological polar surface area (TPSA) is 58.2 Å². The zero-order valence-electron chi connectivity index (χ0n) is 12.0. The summed E-state index contributed by atoms with van der Waals surface area (Å²) >= 11 is 17.6. The van der Waals surface area contributed by atoms with Crippen LogP contribution in [0.25, 0.3) is 0 Å². The maximum atomic E-state index is 11.8. The molecule has 0 spiro atoms. The minimum absolute atomic E-state index is 0.108. The van der Waals surface area contributed by atoms with Crippen LogP contribution in [0.3, 0.4) is 0 Å². The van der Waals surface area contributed by atoms with Gasteiger partial charge in [0.2, 0.25) is 11.8 Å². The quantitative estimate of drug-likeness (QED) is 0.801. The molecule has 0 saturated heterocycles. The van der Waals surface area contributed by atoms with Crippen LogP contribution < -0.4 is 10.6 Å². The van der Waals surface area contributed by atoms with Gasteiger partial charge in [-0.2, -0.15) is 0 Å². The molecule has 2 amide bonds. The third-order valence-corrected chi connectivity index (χ3v) is 3.64. The van der Waals surface area contributed by atoms with Crippen LogP contribution >= 0.6 is 34.8 Å². The smallest absolute Gasteiger partial charge is 0.226 e. The van der Waals surface area contributed by atoms with Crippen LogP contribution in [0.15, 0.2) is 12.1 Å². The van der Waals surface area contributed by atoms with Crippen LogP contribution in [-0.4, -0.2) is 18.4 Å². The first-order chi connectivity index (χ1) is 9.61. The van der Waals surface area contributed by atoms with Gasteiger partial charge in [0.1, 0.15) is 0 Å². The summed E-state index contributed by atoms with van der Waals surface area (Å²) in [6.45, 7) is 5.66. The number of anilines is 1. The number of carbonyl (C=O) groups is 2. The average molecular weight is 352 g/mol. The lowest BCUT2D eigenvalue weighted by molar-refractivity contribution is -0.128. The lowest BCUT2D eigenvalue weighted by Gasteiger charge is -2.17. The molecule has 0 fully saturated rings. The standard InChI is InChI=1S/C14H17Cl3N2O2/c1-14(2,3)13(21)18-5-4-12(20)19-11-7-9(16)8(15)6-10(11)17/h6-7H,4-5H2,1-3H3,(H,18,21)(H,19,20). The molecular weight excluding hydrogens is 335 g/mol. The number of benzene rings is 1. The molecule has 0 aliphatic rings. The maximum Gasteiger partial charge on any atom is 0.226 e. The molecule has 21 heavy (non-hydrogen) atoms. The Hall–Kier alpha value is -0.970. The highest BCUT2D eigenvalue weighted by Crippen LogP contribution is 2.32. The zero-order valence-corrected chi connectivity index (χ0v) is 14.3. The van der Waals surface area contributed by atoms with Crippen molar-refractivity contribution in [2.24, 2.45) is 5.41 Å². The van der Waals surface area contributed by atoms with E-state index in [2.05, 4.69) is 10.6 Å². The van der Waals surface area contributed by atoms with Crippen molar-refractivity contribution >= 4 is 52.3 Å². The number of carbonyl (C=O) groups excluding carboxylic acids is 2. The lowest BCUT2D eigenvalue weighted by Crippen LogP contribution is -2.36. The van der Waals surface area contributed by atoms with Crippen molar-refractivity contribution < 1.29 is 9.59 Å². The molecule has 0 radical (unpaired) electrons. The van der Waals surface area contributed by atoms with E-state index in [-0.39, 0.29) is 24.8 Å². The van der Waals surface area contributed by atoms with Crippen LogP contribution in [0.1, 0.15) is 27.2 Å². The van der Waals surface area contributed by atoms with Gasteiger partial charge in [0, 0.05) is 18.4 Å². The average Bonchev–Trinajstić information content (AvgIpc) is 2.34. The van der Waals surface area contributed by atoms with Gasteiger partial charge in [-0.05, 0) is 12.1 Å². The van der Waals surface area contributed by atoms with Crippen LogP contribution in [0, 0.1) is 5.41 Å². The fraction of sp³-hybridized carbons (Fsp3) is 0.429. The van der Waals surface area contributed by atoms with Crippen LogP contribution in [-0.2, 0) is 9.59 Å². The fourth-order valence-electron chi connectivity index (χ4n) is 1.39. The summed E-state index contributed by atoms with van der Waals surface area (Å²) in [4.78, 5) is 23.4. The predicted molar refractivity (Wildman–Crippen MR) is 87.2 cm³/mol. The molecule has 7 heteroatoms. The van der Waals surface area contributed by atoms with Gasteiger partial charge in [0.15, 0.2) is 0 Å². The largest absolute Gasteiger partial charge is 0.355 e. The highest BCUT2D eigenvalue weighted by molar-refractivity contribution is 6.44. The summed E-state index contributed by atoms with van der Waals surface area (Å²) in [5, 5.41) is 6.24. The third-order valence-electron chi connectivity index (χ3n) is 2.60. The van der Waals surface area contributed by atoms with Crippen molar-refractivity contribution in [3.8, 4) is 0 Å². The highest BCUT2D eigenvalue weighted by Gasteiger charge is 2.20. The number of nitrogens with one attached hydrogen (secondary N) is 2. The molecule has 2 N–H and O–H groups in total. The predicted octanol–water partition coefficient (Wildman–Crippen LogP) is 4.14. The molecule has 0 bridgehead atoms. The van der Waals surface area contributed by atoms with Crippen molar-refractivity contribution in [1.82, 2.24) is 5.32 Å². The molecular formula is C14H17Cl3N2O2. The molecule has 1 aromatic carbocycles. The van der Waals surface area contributed by atoms with Gasteiger partial charge in [-0.25, -0.2) is 0 Å². The number of amides is 2. The highest BCUT2D eigenvalue weighted by atomic mass is 35.5. The van der Waals surface area contributed by atoms with Crippen molar-refractivity contribution in [1.29, 1.82) is 0 Å². The van der Waals surface area contributed by atoms with E-state index < -0.39 is 5.41 Å². The Labute approximate surface area is 139 Å². The van der Waals surface area contributed by atoms with Gasteiger partial charge in [-0.1, -0.05) is 55.6 Å². The molecule has 116 valence electrons. The molecule has 0 aliphatic heterocycles. The van der Waals surface area contributed by atoms with Gasteiger partial charge < -0.3 is 10.6 Å². The van der Waals surface area contributed by atoms with Gasteiger partial charge >= 0.3 is 0 Å². The molecule has 0 unspecified atom stereocenters. The van der Waals surface area contributed by atoms with E-state index in [1.807, 2.05) is 0 Å². The molecule has 0 heterocycles. The summed E-state index contributed by atoms with van der Waals surface area (Å²) in [5.41, 5.74) is -0.0954. The molecule has 1 rings (SSSR count). The van der Waals surface area contributed by atoms with Crippen LogP contribution in [0.5, 0.6) is 0 Å². The number of hydrogen-bond acceptors (Lipinski definition) is 2. The second-order valence-electron chi connectivity index (χ2n) is 5.55. The molecule has 0 atom stereocenters. The minimum Gasteiger partial charge on any atom is -0.355 e. The van der Waals surface area contributed by atoms with Gasteiger partial charge in [0.05, 0.1) is 20.8 Å². The summed E-state index contributed by atoms with van der Waals surface area (Å²) in [7, 11) is 0. The maximum absolute atomic E-state index is 11.8. The first-order valence-corrected chi connectivity index (χ1v) is 7.47. The van der Waals surface area contributed by atoms with Crippen LogP contribution in [0.2, 0.25) is 15.1 Å². The Morgan fingerprint density at radius 1 is 1.05 bits per heavy atom. The van der Waals surface area contributed by atoms with Gasteiger partial charge in [-0.3, -0.25) is 9.59 Å². The SMILES string of the molecule is CC(C)(C)C(=O)NCCC(=O)Nc1cc(Cl)c(Cl)cc1Cl. The monoisotopic (exact) mass is 350 g/mol. The minimum atomic E-state index is -0.483. The Balaban J connectivity index is 2.52. The second kappa shape index (κ2) is 7.34. The summed E-state index contributed by atoms with van der Waals surface area (Å²) in [6.07, 6.45) is 0.137. The van der Waals surface area contributed by atoms with E-state index in [1.54, 1.807) is 20.8 Å². The van der Waals surface area contributed by atoms with E-state index in [9.17, 15) is 9.59 Å². The number of hydrogen-bond donors (Lipinski definition) is 2. The van der Waals surface area contributed by atoms with Crippen molar-refractivity contribution in [2.45, 2.75) is 27.2 Å². The van der Waals surface area contributed by atoms with E-state index in [4.69, 9.17) is 34.8 Å². The molecule has 1 aromatic rings.